The van der Waals surface area contributed by atoms with Gasteiger partial charge in [0, 0.05) is 32.7 Å². The summed E-state index contributed by atoms with van der Waals surface area (Å²) in [6.07, 6.45) is 0. The number of para-hydroxylation sites is 4. The highest BCUT2D eigenvalue weighted by atomic mass is 15.0. The molecule has 0 fully saturated rings. The monoisotopic (exact) mass is 736 g/mol. The molecule has 0 amide bonds. The van der Waals surface area contributed by atoms with E-state index in [0.29, 0.717) is 0 Å². The third kappa shape index (κ3) is 4.92. The molecule has 270 valence electrons. The maximum atomic E-state index is 2.49. The van der Waals surface area contributed by atoms with E-state index in [1.54, 1.807) is 0 Å². The van der Waals surface area contributed by atoms with E-state index in [0.717, 1.165) is 0 Å². The Kier molecular flexibility index (Phi) is 7.26. The third-order valence-electron chi connectivity index (χ3n) is 12.1. The van der Waals surface area contributed by atoms with Gasteiger partial charge in [-0.2, -0.15) is 0 Å². The first-order valence-corrected chi connectivity index (χ1v) is 20.0. The molecule has 2 aromatic heterocycles. The molecule has 0 radical (unpaired) electrons. The van der Waals surface area contributed by atoms with Gasteiger partial charge in [-0.1, -0.05) is 176 Å². The molecule has 12 aromatic rings. The average Bonchev–Trinajstić information content (AvgIpc) is 3.81. The van der Waals surface area contributed by atoms with Gasteiger partial charge in [-0.05, 0) is 86.3 Å². The normalized spacial score (nSPS) is 11.8. The SMILES string of the molecule is c1ccc(-c2ccccc2-n2c3ccccc3c3ccc(-c4ccc5c6ccccc6n(-c6ccccc6-c6cc7ccccc7c7ccccc67)c5c4)cc32)cc1. The molecular weight excluding hydrogens is 701 g/mol. The van der Waals surface area contributed by atoms with Crippen molar-refractivity contribution in [2.45, 2.75) is 0 Å². The van der Waals surface area contributed by atoms with Gasteiger partial charge >= 0.3 is 0 Å². The summed E-state index contributed by atoms with van der Waals surface area (Å²) in [5.41, 5.74) is 14.3. The first-order valence-electron chi connectivity index (χ1n) is 20.0. The molecule has 0 aliphatic rings. The number of rotatable bonds is 5. The molecule has 12 rings (SSSR count). The number of benzene rings is 10. The second kappa shape index (κ2) is 12.9. The standard InChI is InChI=1S/C56H36N2/c1-2-16-37(17-3-1)42-20-8-12-26-51(42)57-52-27-13-9-23-45(52)48-32-30-38(35-55(48)57)39-31-33-49-46-24-10-14-28-53(46)58(56(49)36-39)54-29-15-11-25-47(54)50-34-40-18-4-5-19-41(40)43-21-6-7-22-44(43)50/h1-36H. The summed E-state index contributed by atoms with van der Waals surface area (Å²) in [5.74, 6) is 0. The quantitative estimate of drug-likeness (QED) is 0.156. The van der Waals surface area contributed by atoms with Crippen molar-refractivity contribution in [3.8, 4) is 44.8 Å². The van der Waals surface area contributed by atoms with Gasteiger partial charge < -0.3 is 9.13 Å². The predicted octanol–water partition coefficient (Wildman–Crippen LogP) is 15.2. The second-order valence-electron chi connectivity index (χ2n) is 15.3. The number of hydrogen-bond acceptors (Lipinski definition) is 0. The Bertz CT molecular complexity index is 3570. The van der Waals surface area contributed by atoms with Gasteiger partial charge in [0.1, 0.15) is 0 Å². The Morgan fingerprint density at radius 2 is 0.672 bits per heavy atom. The van der Waals surface area contributed by atoms with Crippen LogP contribution in [0.4, 0.5) is 0 Å². The highest BCUT2D eigenvalue weighted by molar-refractivity contribution is 6.16. The summed E-state index contributed by atoms with van der Waals surface area (Å²) in [4.78, 5) is 0. The zero-order chi connectivity index (χ0) is 38.2. The molecule has 0 aliphatic carbocycles. The highest BCUT2D eigenvalue weighted by Crippen LogP contribution is 2.43. The Morgan fingerprint density at radius 3 is 1.31 bits per heavy atom. The minimum atomic E-state index is 1.17. The molecule has 2 heterocycles. The van der Waals surface area contributed by atoms with Crippen molar-refractivity contribution in [3.63, 3.8) is 0 Å². The molecule has 10 aromatic carbocycles. The molecule has 0 saturated heterocycles. The second-order valence-corrected chi connectivity index (χ2v) is 15.3. The van der Waals surface area contributed by atoms with Crippen molar-refractivity contribution in [1.29, 1.82) is 0 Å². The van der Waals surface area contributed by atoms with Crippen molar-refractivity contribution in [2.24, 2.45) is 0 Å². The third-order valence-corrected chi connectivity index (χ3v) is 12.1. The lowest BCUT2D eigenvalue weighted by Crippen LogP contribution is -1.98. The fourth-order valence-corrected chi connectivity index (χ4v) is 9.52. The number of fused-ring (bicyclic) bond motifs is 9. The number of nitrogens with zero attached hydrogens (tertiary/aromatic N) is 2. The largest absolute Gasteiger partial charge is 0.309 e. The van der Waals surface area contributed by atoms with E-state index in [1.807, 2.05) is 0 Å². The summed E-state index contributed by atoms with van der Waals surface area (Å²) in [7, 11) is 0. The lowest BCUT2D eigenvalue weighted by molar-refractivity contribution is 1.18. The van der Waals surface area contributed by atoms with Crippen LogP contribution in [0.1, 0.15) is 0 Å². The van der Waals surface area contributed by atoms with Gasteiger partial charge in [-0.15, -0.1) is 0 Å². The van der Waals surface area contributed by atoms with E-state index < -0.39 is 0 Å². The van der Waals surface area contributed by atoms with E-state index in [1.165, 1.54) is 110 Å². The van der Waals surface area contributed by atoms with Crippen LogP contribution in [-0.2, 0) is 0 Å². The van der Waals surface area contributed by atoms with Gasteiger partial charge in [-0.25, -0.2) is 0 Å². The molecule has 2 heteroatoms. The minimum absolute atomic E-state index is 1.17. The number of hydrogen-bond donors (Lipinski definition) is 0. The Labute approximate surface area is 336 Å². The Balaban J connectivity index is 1.09. The number of aromatic nitrogens is 2. The fraction of sp³-hybridized carbons (Fsp3) is 0. The molecule has 0 aliphatic heterocycles. The summed E-state index contributed by atoms with van der Waals surface area (Å²) >= 11 is 0. The van der Waals surface area contributed by atoms with Crippen molar-refractivity contribution in [3.05, 3.63) is 218 Å². The van der Waals surface area contributed by atoms with Crippen LogP contribution >= 0.6 is 0 Å². The summed E-state index contributed by atoms with van der Waals surface area (Å²) in [5, 5.41) is 10.0. The van der Waals surface area contributed by atoms with Crippen LogP contribution in [0.2, 0.25) is 0 Å². The smallest absolute Gasteiger partial charge is 0.0547 e. The molecule has 0 unspecified atom stereocenters. The summed E-state index contributed by atoms with van der Waals surface area (Å²) in [6.45, 7) is 0. The van der Waals surface area contributed by atoms with E-state index in [9.17, 15) is 0 Å². The fourth-order valence-electron chi connectivity index (χ4n) is 9.52. The maximum absolute atomic E-state index is 2.49. The molecule has 58 heavy (non-hydrogen) atoms. The van der Waals surface area contributed by atoms with Crippen LogP contribution in [0.15, 0.2) is 218 Å². The van der Waals surface area contributed by atoms with Crippen LogP contribution < -0.4 is 0 Å². The summed E-state index contributed by atoms with van der Waals surface area (Å²) < 4.78 is 4.94. The first-order chi connectivity index (χ1) is 28.8. The van der Waals surface area contributed by atoms with Crippen LogP contribution in [0.25, 0.3) is 110 Å². The lowest BCUT2D eigenvalue weighted by atomic mass is 9.92. The van der Waals surface area contributed by atoms with E-state index in [-0.39, 0.29) is 0 Å². The maximum Gasteiger partial charge on any atom is 0.0547 e. The molecule has 0 bridgehead atoms. The van der Waals surface area contributed by atoms with Gasteiger partial charge in [0.15, 0.2) is 0 Å². The Morgan fingerprint density at radius 1 is 0.224 bits per heavy atom. The highest BCUT2D eigenvalue weighted by Gasteiger charge is 2.20. The minimum Gasteiger partial charge on any atom is -0.309 e. The Hall–Kier alpha value is -7.68. The van der Waals surface area contributed by atoms with Crippen LogP contribution in [0.3, 0.4) is 0 Å². The molecule has 0 N–H and O–H groups in total. The lowest BCUT2D eigenvalue weighted by Gasteiger charge is -2.17. The van der Waals surface area contributed by atoms with Gasteiger partial charge in [0.05, 0.1) is 33.4 Å². The molecular formula is C56H36N2. The van der Waals surface area contributed by atoms with Gasteiger partial charge in [0.2, 0.25) is 0 Å². The topological polar surface area (TPSA) is 9.86 Å². The van der Waals surface area contributed by atoms with Crippen LogP contribution in [-0.4, -0.2) is 9.13 Å². The van der Waals surface area contributed by atoms with Gasteiger partial charge in [0.25, 0.3) is 0 Å². The van der Waals surface area contributed by atoms with Crippen molar-refractivity contribution < 1.29 is 0 Å². The van der Waals surface area contributed by atoms with Crippen molar-refractivity contribution >= 4 is 65.2 Å². The predicted molar refractivity (Wildman–Crippen MR) is 246 cm³/mol. The van der Waals surface area contributed by atoms with Crippen molar-refractivity contribution in [1.82, 2.24) is 9.13 Å². The van der Waals surface area contributed by atoms with E-state index in [4.69, 9.17) is 0 Å². The van der Waals surface area contributed by atoms with Crippen LogP contribution in [0.5, 0.6) is 0 Å². The van der Waals surface area contributed by atoms with Crippen LogP contribution in [0, 0.1) is 0 Å². The average molecular weight is 737 g/mol. The summed E-state index contributed by atoms with van der Waals surface area (Å²) in [6, 6.07) is 80.0. The molecule has 2 nitrogen and oxygen atoms in total. The zero-order valence-corrected chi connectivity index (χ0v) is 31.7. The molecule has 0 saturated carbocycles. The first kappa shape index (κ1) is 32.6. The zero-order valence-electron chi connectivity index (χ0n) is 31.7. The molecule has 0 atom stereocenters. The van der Waals surface area contributed by atoms with Gasteiger partial charge in [-0.3, -0.25) is 0 Å². The van der Waals surface area contributed by atoms with E-state index in [2.05, 4.69) is 228 Å². The van der Waals surface area contributed by atoms with Crippen molar-refractivity contribution in [2.75, 3.05) is 0 Å². The van der Waals surface area contributed by atoms with E-state index >= 15 is 0 Å². The molecule has 0 spiro atoms.